The summed E-state index contributed by atoms with van der Waals surface area (Å²) < 4.78 is 172. The number of halogens is 5. The quantitative estimate of drug-likeness (QED) is 0.00795. The van der Waals surface area contributed by atoms with Gasteiger partial charge in [0.25, 0.3) is 0 Å². The number of benzene rings is 1. The number of ether oxygens (including phenoxy) is 19. The van der Waals surface area contributed by atoms with E-state index < -0.39 is 170 Å². The number of carbonyl (C=O) groups excluding carboxylic acids is 8. The molecule has 3 aliphatic heterocycles. The smallest absolute Gasteiger partial charge is 0.407 e. The first-order chi connectivity index (χ1) is 62.3. The van der Waals surface area contributed by atoms with Crippen molar-refractivity contribution in [2.24, 2.45) is 0 Å². The van der Waals surface area contributed by atoms with Crippen molar-refractivity contribution in [3.05, 3.63) is 29.1 Å². The lowest BCUT2D eigenvalue weighted by atomic mass is 10.0. The molecule has 1 aromatic carbocycles. The highest BCUT2D eigenvalue weighted by molar-refractivity contribution is 5.78. The average Bonchev–Trinajstić information content (AvgIpc) is 0.792. The van der Waals surface area contributed by atoms with Crippen LogP contribution in [0.4, 0.5) is 26.7 Å². The van der Waals surface area contributed by atoms with Gasteiger partial charge in [0.15, 0.2) is 18.9 Å². The SMILES string of the molecule is O=C(CCCCO[C@H]1C[C@@H](O)[C@@H](O)[C@@H](CO)O1)NCCCNC(=O)CCOCC(COCCC(=O)NCCCNC(=O)CCCCO[C@H]1C[C@@H](O)[C@@H](O)[C@@H](CO)O1)(COCCC(=O)NCCCNC(=O)CCCCO[C@H]1C[C@@H](O)[C@@H](O)[C@@H](CO)O1)NC(=O)OCCOCCOCCOCCOCCOCCOCCOCCOCCC(=O)Oc1c(F)c(F)c(F)c(F)c1F. The Kier molecular flexibility index (Phi) is 63.2. The number of esters is 1. The Hall–Kier alpha value is -6.61. The summed E-state index contributed by atoms with van der Waals surface area (Å²) in [6.45, 7) is 1.32. The van der Waals surface area contributed by atoms with E-state index in [1.165, 1.54) is 0 Å². The normalized spacial score (nSPS) is 20.5. The number of hydrogen-bond acceptors (Lipinski definition) is 36. The molecule has 16 N–H and O–H groups in total. The molecule has 746 valence electrons. The molecule has 48 heteroatoms. The van der Waals surface area contributed by atoms with Crippen LogP contribution in [0, 0.1) is 29.1 Å². The molecule has 0 radical (unpaired) electrons. The molecule has 7 amide bonds. The number of hydrogen-bond donors (Lipinski definition) is 16. The lowest BCUT2D eigenvalue weighted by Crippen LogP contribution is -2.59. The van der Waals surface area contributed by atoms with Crippen molar-refractivity contribution in [3.63, 3.8) is 0 Å². The predicted molar refractivity (Wildman–Crippen MR) is 435 cm³/mol. The summed E-state index contributed by atoms with van der Waals surface area (Å²) >= 11 is 0. The van der Waals surface area contributed by atoms with E-state index in [9.17, 15) is 106 Å². The van der Waals surface area contributed by atoms with Gasteiger partial charge in [-0.2, -0.15) is 8.78 Å². The number of rotatable bonds is 77. The zero-order chi connectivity index (χ0) is 94.1. The van der Waals surface area contributed by atoms with E-state index in [1.54, 1.807) is 0 Å². The van der Waals surface area contributed by atoms with Crippen LogP contribution in [0.3, 0.4) is 0 Å². The van der Waals surface area contributed by atoms with E-state index in [1.807, 2.05) is 0 Å². The van der Waals surface area contributed by atoms with E-state index >= 15 is 0 Å². The highest BCUT2D eigenvalue weighted by atomic mass is 19.2. The van der Waals surface area contributed by atoms with Gasteiger partial charge in [0, 0.05) is 117 Å². The highest BCUT2D eigenvalue weighted by Crippen LogP contribution is 2.30. The summed E-state index contributed by atoms with van der Waals surface area (Å²) in [6.07, 6.45) is -9.65. The van der Waals surface area contributed by atoms with Gasteiger partial charge in [0.2, 0.25) is 70.3 Å². The maximum absolute atomic E-state index is 13.7. The zero-order valence-electron chi connectivity index (χ0n) is 73.0. The van der Waals surface area contributed by atoms with Gasteiger partial charge in [0.05, 0.1) is 190 Å². The van der Waals surface area contributed by atoms with Gasteiger partial charge in [-0.15, -0.1) is 0 Å². The zero-order valence-corrected chi connectivity index (χ0v) is 73.0. The Morgan fingerprint density at radius 3 is 0.853 bits per heavy atom. The fourth-order valence-corrected chi connectivity index (χ4v) is 12.1. The van der Waals surface area contributed by atoms with Gasteiger partial charge in [-0.25, -0.2) is 18.0 Å². The third kappa shape index (κ3) is 52.0. The molecule has 0 aliphatic carbocycles. The van der Waals surface area contributed by atoms with Gasteiger partial charge in [-0.05, 0) is 57.8 Å². The van der Waals surface area contributed by atoms with Crippen molar-refractivity contribution in [2.75, 3.05) is 231 Å². The Balaban J connectivity index is 1.18. The van der Waals surface area contributed by atoms with Crippen LogP contribution in [0.15, 0.2) is 0 Å². The first kappa shape index (κ1) is 115. The standard InChI is InChI=1S/C81H136F5N7O36/c82-71-72(83)74(85)79(75(86)73(71)84)129-67(106)16-29-111-30-31-112-32-33-113-34-35-114-36-37-115-38-39-116-40-41-117-42-43-118-44-45-125-80(110)93-81(52-119-26-13-64(103)90-20-7-17-87-61(100)10-1-4-23-122-68-46-55(97)76(107)58(49-94)126-68,53-120-27-14-65(104)91-21-8-18-88-62(101)11-2-5-24-123-69-47-56(98)77(108)59(50-95)127-69)54-121-28-15-66(105)92-22-9-19-89-63(102)12-3-6-25-124-70-48-57(99)78(109)60(51-96)128-70/h55-60,68-70,76-78,94-99,107-109H,1-54H2,(H,87,100)(H,88,101)(H,89,102)(H,90,103)(H,91,104)(H,92,105)(H,93,110)/t55-,56-,57-,58-,59-,60-,68-,69-,70-,76-,77-,78-/m1/s1. The Bertz CT molecular complexity index is 3010. The van der Waals surface area contributed by atoms with E-state index in [4.69, 9.17) is 85.3 Å². The van der Waals surface area contributed by atoms with Crippen LogP contribution in [-0.4, -0.2) is 404 Å². The van der Waals surface area contributed by atoms with Crippen molar-refractivity contribution in [2.45, 2.75) is 201 Å². The summed E-state index contributed by atoms with van der Waals surface area (Å²) in [7, 11) is 0. The van der Waals surface area contributed by atoms with Crippen molar-refractivity contribution < 1.29 is 196 Å². The topological polar surface area (TPSA) is 578 Å². The number of unbranched alkanes of at least 4 members (excludes halogenated alkanes) is 3. The van der Waals surface area contributed by atoms with E-state index in [2.05, 4.69) is 42.0 Å². The van der Waals surface area contributed by atoms with Crippen LogP contribution in [0.25, 0.3) is 0 Å². The lowest BCUT2D eigenvalue weighted by molar-refractivity contribution is -0.257. The Labute approximate surface area is 745 Å². The second-order valence-corrected chi connectivity index (χ2v) is 29.9. The molecule has 43 nitrogen and oxygen atoms in total. The molecule has 0 bridgehead atoms. The fourth-order valence-electron chi connectivity index (χ4n) is 12.1. The summed E-state index contributed by atoms with van der Waals surface area (Å²) in [5.74, 6) is -16.3. The molecule has 3 saturated heterocycles. The van der Waals surface area contributed by atoms with Crippen LogP contribution in [0.2, 0.25) is 0 Å². The molecule has 0 spiro atoms. The predicted octanol–water partition coefficient (Wildman–Crippen LogP) is -2.59. The molecule has 129 heavy (non-hydrogen) atoms. The molecule has 3 fully saturated rings. The summed E-state index contributed by atoms with van der Waals surface area (Å²) in [5.41, 5.74) is -1.59. The molecule has 0 aromatic heterocycles. The van der Waals surface area contributed by atoms with Gasteiger partial charge in [0.1, 0.15) is 48.8 Å². The van der Waals surface area contributed by atoms with Gasteiger partial charge in [-0.1, -0.05) is 0 Å². The molecule has 3 heterocycles. The maximum atomic E-state index is 13.7. The van der Waals surface area contributed by atoms with Crippen LogP contribution in [0.1, 0.15) is 122 Å². The van der Waals surface area contributed by atoms with Crippen molar-refractivity contribution in [1.82, 2.24) is 37.2 Å². The average molecular weight is 1880 g/mol. The largest absolute Gasteiger partial charge is 0.447 e. The van der Waals surface area contributed by atoms with Crippen molar-refractivity contribution in [1.29, 1.82) is 0 Å². The molecular formula is C81H136F5N7O36. The van der Waals surface area contributed by atoms with Gasteiger partial charge >= 0.3 is 12.1 Å². The van der Waals surface area contributed by atoms with Crippen LogP contribution in [0.5, 0.6) is 5.75 Å². The number of amides is 7. The minimum atomic E-state index is -2.38. The monoisotopic (exact) mass is 1880 g/mol. The fraction of sp³-hybridized carbons (Fsp3) is 0.827. The molecule has 0 unspecified atom stereocenters. The van der Waals surface area contributed by atoms with Crippen molar-refractivity contribution in [3.8, 4) is 5.75 Å². The third-order valence-corrected chi connectivity index (χ3v) is 19.3. The molecule has 1 aromatic rings. The first-order valence-electron chi connectivity index (χ1n) is 43.6. The van der Waals surface area contributed by atoms with Crippen LogP contribution < -0.4 is 42.0 Å². The summed E-state index contributed by atoms with van der Waals surface area (Å²) in [4.78, 5) is 102. The molecular weight excluding hydrogens is 1740 g/mol. The molecule has 3 aliphatic rings. The summed E-state index contributed by atoms with van der Waals surface area (Å²) in [6, 6.07) is 0. The molecule has 4 rings (SSSR count). The van der Waals surface area contributed by atoms with E-state index in [0.29, 0.717) is 57.8 Å². The number of alkyl carbamates (subject to hydrolysis) is 1. The molecule has 0 saturated carbocycles. The van der Waals surface area contributed by atoms with E-state index in [0.717, 1.165) is 0 Å². The maximum Gasteiger partial charge on any atom is 0.407 e. The number of aliphatic hydroxyl groups excluding tert-OH is 9. The second kappa shape index (κ2) is 71.0. The number of carbonyl (C=O) groups is 8. The Morgan fingerprint density at radius 2 is 0.566 bits per heavy atom. The van der Waals surface area contributed by atoms with Crippen LogP contribution >= 0.6 is 0 Å². The summed E-state index contributed by atoms with van der Waals surface area (Å²) in [5, 5.41) is 108. The van der Waals surface area contributed by atoms with Crippen LogP contribution in [-0.2, 0) is 119 Å². The number of nitrogens with one attached hydrogen (secondary N) is 7. The second-order valence-electron chi connectivity index (χ2n) is 29.9. The lowest BCUT2D eigenvalue weighted by Gasteiger charge is -2.36. The highest BCUT2D eigenvalue weighted by Gasteiger charge is 2.40. The number of aliphatic hydroxyl groups is 9. The third-order valence-electron chi connectivity index (χ3n) is 19.3. The minimum Gasteiger partial charge on any atom is -0.447 e. The first-order valence-corrected chi connectivity index (χ1v) is 43.6. The van der Waals surface area contributed by atoms with Gasteiger partial charge in [-0.3, -0.25) is 33.6 Å². The molecule has 12 atom stereocenters. The van der Waals surface area contributed by atoms with E-state index in [-0.39, 0.29) is 287 Å². The van der Waals surface area contributed by atoms with Crippen molar-refractivity contribution >= 4 is 47.5 Å². The van der Waals surface area contributed by atoms with Gasteiger partial charge < -0.3 is 173 Å². The minimum absolute atomic E-state index is 0.0154. The Morgan fingerprint density at radius 1 is 0.310 bits per heavy atom.